The molecule has 154 valence electrons. The van der Waals surface area contributed by atoms with Crippen molar-refractivity contribution in [3.05, 3.63) is 83.3 Å². The lowest BCUT2D eigenvalue weighted by atomic mass is 9.85. The van der Waals surface area contributed by atoms with E-state index in [4.69, 9.17) is 16.3 Å². The van der Waals surface area contributed by atoms with Gasteiger partial charge in [0.05, 0.1) is 9.95 Å². The number of aromatic amines is 1. The number of nitrogens with one attached hydrogen (secondary N) is 1. The summed E-state index contributed by atoms with van der Waals surface area (Å²) in [5.41, 5.74) is 1.16. The Hall–Kier alpha value is -2.62. The van der Waals surface area contributed by atoms with Crippen molar-refractivity contribution >= 4 is 46.7 Å². The van der Waals surface area contributed by atoms with Gasteiger partial charge < -0.3 is 14.5 Å². The Morgan fingerprint density at radius 1 is 1.30 bits per heavy atom. The molecule has 0 radical (unpaired) electrons. The van der Waals surface area contributed by atoms with Gasteiger partial charge in [-0.3, -0.25) is 14.9 Å². The summed E-state index contributed by atoms with van der Waals surface area (Å²) < 4.78 is 5.99. The van der Waals surface area contributed by atoms with E-state index in [9.17, 15) is 19.7 Å². The molecule has 3 aromatic rings. The number of ether oxygens (including phenoxy) is 1. The van der Waals surface area contributed by atoms with E-state index in [0.717, 1.165) is 23.2 Å². The minimum absolute atomic E-state index is 0.109. The fraction of sp³-hybridized carbons (Fsp3) is 0.200. The quantitative estimate of drug-likeness (QED) is 0.325. The molecule has 7 nitrogen and oxygen atoms in total. The summed E-state index contributed by atoms with van der Waals surface area (Å²) in [7, 11) is 0. The zero-order chi connectivity index (χ0) is 21.3. The van der Waals surface area contributed by atoms with Crippen LogP contribution in [0.2, 0.25) is 5.02 Å². The van der Waals surface area contributed by atoms with Crippen LogP contribution in [0.3, 0.4) is 0 Å². The first kappa shape index (κ1) is 20.6. The number of rotatable bonds is 6. The fourth-order valence-corrected chi connectivity index (χ4v) is 5.94. The number of thioether (sulfide) groups is 1. The van der Waals surface area contributed by atoms with Gasteiger partial charge in [-0.2, -0.15) is 0 Å². The maximum Gasteiger partial charge on any atom is 0.305 e. The second-order valence-corrected chi connectivity index (χ2v) is 9.11. The Bertz CT molecular complexity index is 1180. The molecule has 0 aliphatic carbocycles. The minimum atomic E-state index is -0.510. The summed E-state index contributed by atoms with van der Waals surface area (Å²) in [6.45, 7) is 0.161. The average molecular weight is 463 g/mol. The van der Waals surface area contributed by atoms with Crippen molar-refractivity contribution in [1.82, 2.24) is 4.98 Å². The molecule has 2 unspecified atom stereocenters. The number of H-pyrrole nitrogens is 1. The average Bonchev–Trinajstić information content (AvgIpc) is 3.12. The number of nitro benzene ring substituents is 1. The highest BCUT2D eigenvalue weighted by atomic mass is 35.5. The smallest absolute Gasteiger partial charge is 0.305 e. The minimum Gasteiger partial charge on any atom is -0.489 e. The third-order valence-corrected chi connectivity index (χ3v) is 7.45. The molecule has 0 bridgehead atoms. The summed E-state index contributed by atoms with van der Waals surface area (Å²) in [5.74, 6) is -0.0842. The molecule has 10 heteroatoms. The van der Waals surface area contributed by atoms with Gasteiger partial charge in [-0.05, 0) is 12.1 Å². The lowest BCUT2D eigenvalue weighted by molar-refractivity contribution is -0.385. The number of benzene rings is 2. The Morgan fingerprint density at radius 3 is 2.83 bits per heavy atom. The van der Waals surface area contributed by atoms with Gasteiger partial charge in [0.2, 0.25) is 0 Å². The molecule has 0 spiro atoms. The van der Waals surface area contributed by atoms with Gasteiger partial charge in [-0.15, -0.1) is 11.8 Å². The SMILES string of the molecule is O=CC1CSc2[nH]c(=O)sc2C1c1cc([N+](=O)[O-])ccc1OCc1ccccc1Cl. The van der Waals surface area contributed by atoms with E-state index in [1.807, 2.05) is 18.2 Å². The number of carbonyl (C=O) groups excluding carboxylic acids is 1. The van der Waals surface area contributed by atoms with Crippen molar-refractivity contribution in [2.75, 3.05) is 5.75 Å². The van der Waals surface area contributed by atoms with Crippen LogP contribution in [-0.4, -0.2) is 21.9 Å². The second kappa shape index (κ2) is 8.63. The topological polar surface area (TPSA) is 102 Å². The molecule has 1 aromatic heterocycles. The predicted octanol–water partition coefficient (Wildman–Crippen LogP) is 4.63. The van der Waals surface area contributed by atoms with Crippen molar-refractivity contribution in [2.45, 2.75) is 17.6 Å². The Balaban J connectivity index is 1.79. The number of halogens is 1. The van der Waals surface area contributed by atoms with Crippen LogP contribution in [0.15, 0.2) is 52.3 Å². The van der Waals surface area contributed by atoms with E-state index in [-0.39, 0.29) is 17.2 Å². The normalized spacial score (nSPS) is 17.9. The molecular formula is C20H15ClN2O5S2. The van der Waals surface area contributed by atoms with Gasteiger partial charge in [0.15, 0.2) is 0 Å². The van der Waals surface area contributed by atoms with Crippen LogP contribution in [0.25, 0.3) is 0 Å². The molecule has 1 aliphatic rings. The van der Waals surface area contributed by atoms with Gasteiger partial charge in [-0.25, -0.2) is 0 Å². The lowest BCUT2D eigenvalue weighted by Gasteiger charge is -2.28. The van der Waals surface area contributed by atoms with Crippen LogP contribution in [-0.2, 0) is 11.4 Å². The van der Waals surface area contributed by atoms with E-state index in [0.29, 0.717) is 32.0 Å². The van der Waals surface area contributed by atoms with Crippen molar-refractivity contribution in [3.63, 3.8) is 0 Å². The largest absolute Gasteiger partial charge is 0.489 e. The van der Waals surface area contributed by atoms with Crippen LogP contribution in [0.4, 0.5) is 5.69 Å². The molecule has 2 atom stereocenters. The van der Waals surface area contributed by atoms with Crippen molar-refractivity contribution in [3.8, 4) is 5.75 Å². The molecule has 0 fully saturated rings. The maximum absolute atomic E-state index is 11.9. The molecule has 0 saturated heterocycles. The summed E-state index contributed by atoms with van der Waals surface area (Å²) in [6, 6.07) is 11.5. The van der Waals surface area contributed by atoms with Crippen LogP contribution < -0.4 is 9.61 Å². The van der Waals surface area contributed by atoms with Crippen LogP contribution in [0, 0.1) is 16.0 Å². The number of hydrogen-bond acceptors (Lipinski definition) is 7. The molecule has 2 aromatic carbocycles. The summed E-state index contributed by atoms with van der Waals surface area (Å²) in [6.07, 6.45) is 0.835. The summed E-state index contributed by atoms with van der Waals surface area (Å²) >= 11 is 8.62. The molecule has 0 saturated carbocycles. The monoisotopic (exact) mass is 462 g/mol. The van der Waals surface area contributed by atoms with Gasteiger partial charge in [0.25, 0.3) is 5.69 Å². The zero-order valence-corrected chi connectivity index (χ0v) is 17.8. The number of aldehydes is 1. The van der Waals surface area contributed by atoms with Gasteiger partial charge in [-0.1, -0.05) is 41.1 Å². The van der Waals surface area contributed by atoms with E-state index >= 15 is 0 Å². The highest BCUT2D eigenvalue weighted by Gasteiger charge is 2.36. The van der Waals surface area contributed by atoms with E-state index in [1.54, 1.807) is 6.07 Å². The number of hydrogen-bond donors (Lipinski definition) is 1. The van der Waals surface area contributed by atoms with Crippen molar-refractivity contribution in [2.24, 2.45) is 5.92 Å². The van der Waals surface area contributed by atoms with E-state index < -0.39 is 16.8 Å². The maximum atomic E-state index is 11.9. The van der Waals surface area contributed by atoms with Gasteiger partial charge >= 0.3 is 4.87 Å². The second-order valence-electron chi connectivity index (χ2n) is 6.66. The van der Waals surface area contributed by atoms with Crippen molar-refractivity contribution < 1.29 is 14.5 Å². The number of aromatic nitrogens is 1. The number of nitro groups is 1. The summed E-state index contributed by atoms with van der Waals surface area (Å²) in [5, 5.41) is 12.6. The Labute approximate surface area is 184 Å². The third-order valence-electron chi connectivity index (χ3n) is 4.83. The first-order valence-electron chi connectivity index (χ1n) is 8.93. The first-order chi connectivity index (χ1) is 14.5. The number of non-ortho nitro benzene ring substituents is 1. The number of nitrogens with zero attached hydrogens (tertiary/aromatic N) is 1. The zero-order valence-electron chi connectivity index (χ0n) is 15.4. The van der Waals surface area contributed by atoms with E-state index in [1.165, 1.54) is 30.0 Å². The number of carbonyl (C=O) groups is 1. The van der Waals surface area contributed by atoms with Gasteiger partial charge in [0, 0.05) is 50.7 Å². The molecule has 4 rings (SSSR count). The molecule has 0 amide bonds. The fourth-order valence-electron chi connectivity index (χ4n) is 3.39. The Kier molecular flexibility index (Phi) is 5.94. The van der Waals surface area contributed by atoms with Crippen LogP contribution >= 0.6 is 34.7 Å². The predicted molar refractivity (Wildman–Crippen MR) is 116 cm³/mol. The number of fused-ring (bicyclic) bond motifs is 1. The first-order valence-corrected chi connectivity index (χ1v) is 11.1. The highest BCUT2D eigenvalue weighted by molar-refractivity contribution is 7.99. The standard InChI is InChI=1S/C20H15ClN2O5S2/c21-15-4-2-1-3-11(15)9-28-16-6-5-13(23(26)27)7-14(16)17-12(8-24)10-29-19-18(17)30-20(25)22-19/h1-8,12,17H,9-10H2,(H,22,25). The molecular weight excluding hydrogens is 448 g/mol. The van der Waals surface area contributed by atoms with Crippen molar-refractivity contribution in [1.29, 1.82) is 0 Å². The summed E-state index contributed by atoms with van der Waals surface area (Å²) in [4.78, 5) is 37.9. The molecule has 30 heavy (non-hydrogen) atoms. The Morgan fingerprint density at radius 2 is 2.10 bits per heavy atom. The molecule has 1 aliphatic heterocycles. The number of thiazole rings is 1. The highest BCUT2D eigenvalue weighted by Crippen LogP contribution is 2.47. The molecule has 2 heterocycles. The van der Waals surface area contributed by atoms with Gasteiger partial charge in [0.1, 0.15) is 18.6 Å². The van der Waals surface area contributed by atoms with Crippen LogP contribution in [0.5, 0.6) is 5.75 Å². The lowest BCUT2D eigenvalue weighted by Crippen LogP contribution is -2.22. The third kappa shape index (κ3) is 4.00. The van der Waals surface area contributed by atoms with E-state index in [2.05, 4.69) is 4.98 Å². The molecule has 1 N–H and O–H groups in total. The van der Waals surface area contributed by atoms with Crippen LogP contribution in [0.1, 0.15) is 21.9 Å².